The minimum atomic E-state index is -0.486. The summed E-state index contributed by atoms with van der Waals surface area (Å²) in [5, 5.41) is 11.0. The standard InChI is InChI=1S/C25H29N5O4/c1-3-34-25(33)29-13-11-28(12-14-29)23(20-6-9-26-10-7-20)22-21(31)15-18(2)30(24(22)32)17-19-5-4-8-27-16-19/h4-10,15-16,23,31H,3,11-14,17H2,1-2H3. The van der Waals surface area contributed by atoms with Crippen LogP contribution >= 0.6 is 0 Å². The number of hydrogen-bond acceptors (Lipinski definition) is 7. The number of piperazine rings is 1. The number of rotatable bonds is 6. The van der Waals surface area contributed by atoms with Gasteiger partial charge in [0.2, 0.25) is 0 Å². The summed E-state index contributed by atoms with van der Waals surface area (Å²) in [4.78, 5) is 38.0. The van der Waals surface area contributed by atoms with E-state index >= 15 is 0 Å². The van der Waals surface area contributed by atoms with Gasteiger partial charge in [0.1, 0.15) is 5.75 Å². The Balaban J connectivity index is 1.72. The third kappa shape index (κ3) is 4.94. The molecule has 1 amide bonds. The van der Waals surface area contributed by atoms with E-state index in [-0.39, 0.29) is 17.4 Å². The van der Waals surface area contributed by atoms with Crippen LogP contribution in [0.3, 0.4) is 0 Å². The molecule has 3 aromatic rings. The number of carbonyl (C=O) groups is 1. The SMILES string of the molecule is CCOC(=O)N1CCN(C(c2ccncc2)c2c(O)cc(C)n(Cc3cccnc3)c2=O)CC1. The maximum Gasteiger partial charge on any atom is 0.409 e. The molecule has 1 unspecified atom stereocenters. The van der Waals surface area contributed by atoms with Crippen molar-refractivity contribution in [1.29, 1.82) is 0 Å². The molecule has 0 saturated carbocycles. The molecular formula is C25H29N5O4. The van der Waals surface area contributed by atoms with Crippen molar-refractivity contribution in [2.24, 2.45) is 0 Å². The minimum absolute atomic E-state index is 0.0421. The zero-order valence-corrected chi connectivity index (χ0v) is 19.4. The van der Waals surface area contributed by atoms with Crippen LogP contribution in [0.5, 0.6) is 5.75 Å². The molecule has 0 spiro atoms. The lowest BCUT2D eigenvalue weighted by atomic mass is 9.96. The predicted octanol–water partition coefficient (Wildman–Crippen LogP) is 2.56. The van der Waals surface area contributed by atoms with E-state index in [1.807, 2.05) is 24.3 Å². The third-order valence-corrected chi connectivity index (χ3v) is 6.09. The Kier molecular flexibility index (Phi) is 7.22. The second kappa shape index (κ2) is 10.5. The van der Waals surface area contributed by atoms with Crippen LogP contribution in [0.2, 0.25) is 0 Å². The number of nitrogens with zero attached hydrogens (tertiary/aromatic N) is 5. The largest absolute Gasteiger partial charge is 0.507 e. The normalized spacial score (nSPS) is 15.2. The molecule has 1 fully saturated rings. The summed E-state index contributed by atoms with van der Waals surface area (Å²) in [7, 11) is 0. The molecule has 178 valence electrons. The first-order chi connectivity index (χ1) is 16.5. The molecule has 1 aliphatic heterocycles. The molecule has 1 aliphatic rings. The van der Waals surface area contributed by atoms with Gasteiger partial charge in [-0.3, -0.25) is 19.7 Å². The van der Waals surface area contributed by atoms with E-state index in [2.05, 4.69) is 14.9 Å². The van der Waals surface area contributed by atoms with Gasteiger partial charge in [-0.2, -0.15) is 0 Å². The average Bonchev–Trinajstić information content (AvgIpc) is 2.86. The van der Waals surface area contributed by atoms with Crippen LogP contribution < -0.4 is 5.56 Å². The molecule has 3 aromatic heterocycles. The summed E-state index contributed by atoms with van der Waals surface area (Å²) in [6.45, 7) is 6.26. The van der Waals surface area contributed by atoms with E-state index < -0.39 is 6.04 Å². The Morgan fingerprint density at radius 3 is 2.50 bits per heavy atom. The summed E-state index contributed by atoms with van der Waals surface area (Å²) in [6.07, 6.45) is 6.44. The van der Waals surface area contributed by atoms with Crippen LogP contribution in [-0.4, -0.2) is 68.3 Å². The number of aryl methyl sites for hydroxylation is 1. The van der Waals surface area contributed by atoms with Gasteiger partial charge in [0, 0.05) is 56.7 Å². The second-order valence-corrected chi connectivity index (χ2v) is 8.24. The highest BCUT2D eigenvalue weighted by Gasteiger charge is 2.32. The van der Waals surface area contributed by atoms with E-state index in [9.17, 15) is 14.7 Å². The summed E-state index contributed by atoms with van der Waals surface area (Å²) in [5.41, 5.74) is 2.47. The Bertz CT molecular complexity index is 1180. The quantitative estimate of drug-likeness (QED) is 0.600. The van der Waals surface area contributed by atoms with Crippen LogP contribution in [0.1, 0.15) is 35.3 Å². The van der Waals surface area contributed by atoms with Crippen LogP contribution in [0.15, 0.2) is 59.9 Å². The number of hydrogen-bond donors (Lipinski definition) is 1. The topological polar surface area (TPSA) is 101 Å². The van der Waals surface area contributed by atoms with Gasteiger partial charge in [0.05, 0.1) is 24.8 Å². The fraction of sp³-hybridized carbons (Fsp3) is 0.360. The van der Waals surface area contributed by atoms with Crippen LogP contribution in [0.25, 0.3) is 0 Å². The monoisotopic (exact) mass is 463 g/mol. The number of carbonyl (C=O) groups excluding carboxylic acids is 1. The van der Waals surface area contributed by atoms with Gasteiger partial charge in [0.15, 0.2) is 0 Å². The summed E-state index contributed by atoms with van der Waals surface area (Å²) < 4.78 is 6.79. The zero-order chi connectivity index (χ0) is 24.1. The van der Waals surface area contributed by atoms with Crippen LogP contribution in [0, 0.1) is 6.92 Å². The molecule has 4 heterocycles. The van der Waals surface area contributed by atoms with Gasteiger partial charge in [-0.1, -0.05) is 6.07 Å². The van der Waals surface area contributed by atoms with Gasteiger partial charge >= 0.3 is 6.09 Å². The smallest absolute Gasteiger partial charge is 0.409 e. The molecule has 1 N–H and O–H groups in total. The van der Waals surface area contributed by atoms with Gasteiger partial charge < -0.3 is 19.3 Å². The lowest BCUT2D eigenvalue weighted by Crippen LogP contribution is -2.50. The van der Waals surface area contributed by atoms with Crippen molar-refractivity contribution in [2.45, 2.75) is 26.4 Å². The Morgan fingerprint density at radius 1 is 1.12 bits per heavy atom. The highest BCUT2D eigenvalue weighted by Crippen LogP contribution is 2.33. The number of amides is 1. The van der Waals surface area contributed by atoms with Crippen molar-refractivity contribution >= 4 is 6.09 Å². The Labute approximate surface area is 198 Å². The summed E-state index contributed by atoms with van der Waals surface area (Å²) in [5.74, 6) is -0.0421. The number of pyridine rings is 3. The molecule has 4 rings (SSSR count). The van der Waals surface area contributed by atoms with Crippen molar-refractivity contribution in [3.05, 3.63) is 87.9 Å². The van der Waals surface area contributed by atoms with Gasteiger partial charge in [-0.15, -0.1) is 0 Å². The molecule has 1 saturated heterocycles. The first-order valence-electron chi connectivity index (χ1n) is 11.4. The highest BCUT2D eigenvalue weighted by molar-refractivity contribution is 5.67. The Hall–Kier alpha value is -3.72. The van der Waals surface area contributed by atoms with Gasteiger partial charge in [-0.25, -0.2) is 4.79 Å². The molecule has 0 aliphatic carbocycles. The second-order valence-electron chi connectivity index (χ2n) is 8.24. The van der Waals surface area contributed by atoms with Crippen molar-refractivity contribution in [3.8, 4) is 5.75 Å². The zero-order valence-electron chi connectivity index (χ0n) is 19.4. The first-order valence-corrected chi connectivity index (χ1v) is 11.4. The number of aromatic nitrogens is 3. The van der Waals surface area contributed by atoms with Crippen molar-refractivity contribution < 1.29 is 14.6 Å². The summed E-state index contributed by atoms with van der Waals surface area (Å²) in [6, 6.07) is 8.61. The van der Waals surface area contributed by atoms with Crippen LogP contribution in [-0.2, 0) is 11.3 Å². The Morgan fingerprint density at radius 2 is 1.85 bits per heavy atom. The van der Waals surface area contributed by atoms with Crippen LogP contribution in [0.4, 0.5) is 4.79 Å². The lowest BCUT2D eigenvalue weighted by molar-refractivity contribution is 0.0709. The highest BCUT2D eigenvalue weighted by atomic mass is 16.6. The van der Waals surface area contributed by atoms with E-state index in [0.29, 0.717) is 50.6 Å². The maximum atomic E-state index is 13.8. The van der Waals surface area contributed by atoms with Crippen molar-refractivity contribution in [2.75, 3.05) is 32.8 Å². The fourth-order valence-electron chi connectivity index (χ4n) is 4.38. The predicted molar refractivity (Wildman–Crippen MR) is 127 cm³/mol. The first kappa shape index (κ1) is 23.4. The molecule has 0 radical (unpaired) electrons. The molecule has 0 aromatic carbocycles. The maximum absolute atomic E-state index is 13.8. The molecular weight excluding hydrogens is 434 g/mol. The lowest BCUT2D eigenvalue weighted by Gasteiger charge is -2.39. The van der Waals surface area contributed by atoms with E-state index in [1.165, 1.54) is 0 Å². The molecule has 0 bridgehead atoms. The van der Waals surface area contributed by atoms with E-state index in [0.717, 1.165) is 11.1 Å². The number of aromatic hydroxyl groups is 1. The fourth-order valence-corrected chi connectivity index (χ4v) is 4.38. The molecule has 9 heteroatoms. The number of ether oxygens (including phenoxy) is 1. The van der Waals surface area contributed by atoms with Gasteiger partial charge in [0.25, 0.3) is 5.56 Å². The van der Waals surface area contributed by atoms with Crippen molar-refractivity contribution in [3.63, 3.8) is 0 Å². The minimum Gasteiger partial charge on any atom is -0.507 e. The summed E-state index contributed by atoms with van der Waals surface area (Å²) >= 11 is 0. The average molecular weight is 464 g/mol. The molecule has 1 atom stereocenters. The van der Waals surface area contributed by atoms with Gasteiger partial charge in [-0.05, 0) is 49.2 Å². The molecule has 34 heavy (non-hydrogen) atoms. The third-order valence-electron chi connectivity index (χ3n) is 6.09. The van der Waals surface area contributed by atoms with E-state index in [4.69, 9.17) is 4.74 Å². The van der Waals surface area contributed by atoms with Crippen molar-refractivity contribution in [1.82, 2.24) is 24.3 Å². The molecule has 9 nitrogen and oxygen atoms in total. The van der Waals surface area contributed by atoms with E-state index in [1.54, 1.807) is 54.2 Å².